The SMILES string of the molecule is COC(=O)CCNC1CCOc2ccc(Br)cc21. The molecule has 1 unspecified atom stereocenters. The fraction of sp³-hybridized carbons (Fsp3) is 0.462. The first kappa shape index (κ1) is 13.4. The summed E-state index contributed by atoms with van der Waals surface area (Å²) in [5, 5.41) is 3.37. The van der Waals surface area contributed by atoms with E-state index in [0.717, 1.165) is 22.2 Å². The van der Waals surface area contributed by atoms with Crippen molar-refractivity contribution in [2.24, 2.45) is 0 Å². The number of ether oxygens (including phenoxy) is 2. The molecule has 1 heterocycles. The van der Waals surface area contributed by atoms with Crippen molar-refractivity contribution >= 4 is 21.9 Å². The van der Waals surface area contributed by atoms with Crippen LogP contribution in [-0.4, -0.2) is 26.2 Å². The number of esters is 1. The molecule has 1 aromatic rings. The molecule has 1 atom stereocenters. The molecule has 0 amide bonds. The van der Waals surface area contributed by atoms with E-state index >= 15 is 0 Å². The first-order chi connectivity index (χ1) is 8.70. The minimum Gasteiger partial charge on any atom is -0.493 e. The Bertz CT molecular complexity index is 436. The molecule has 4 nitrogen and oxygen atoms in total. The maximum atomic E-state index is 11.1. The largest absolute Gasteiger partial charge is 0.493 e. The molecule has 0 aromatic heterocycles. The van der Waals surface area contributed by atoms with Crippen LogP contribution in [0.15, 0.2) is 22.7 Å². The van der Waals surface area contributed by atoms with Crippen LogP contribution in [0, 0.1) is 0 Å². The van der Waals surface area contributed by atoms with Gasteiger partial charge in [-0.05, 0) is 18.2 Å². The van der Waals surface area contributed by atoms with E-state index in [4.69, 9.17) is 4.74 Å². The number of nitrogens with one attached hydrogen (secondary N) is 1. The quantitative estimate of drug-likeness (QED) is 0.867. The Morgan fingerprint density at radius 3 is 3.22 bits per heavy atom. The molecule has 2 rings (SSSR count). The van der Waals surface area contributed by atoms with Crippen molar-refractivity contribution in [2.75, 3.05) is 20.3 Å². The topological polar surface area (TPSA) is 47.6 Å². The molecule has 0 bridgehead atoms. The van der Waals surface area contributed by atoms with E-state index in [1.54, 1.807) is 0 Å². The molecular formula is C13H16BrNO3. The first-order valence-electron chi connectivity index (χ1n) is 5.93. The van der Waals surface area contributed by atoms with E-state index in [2.05, 4.69) is 32.0 Å². The number of hydrogen-bond donors (Lipinski definition) is 1. The van der Waals surface area contributed by atoms with Crippen molar-refractivity contribution in [3.05, 3.63) is 28.2 Å². The van der Waals surface area contributed by atoms with Crippen LogP contribution < -0.4 is 10.1 Å². The number of carbonyl (C=O) groups is 1. The fourth-order valence-corrected chi connectivity index (χ4v) is 2.41. The molecule has 0 fully saturated rings. The number of halogens is 1. The standard InChI is InChI=1S/C13H16BrNO3/c1-17-13(16)4-6-15-11-5-7-18-12-3-2-9(14)8-10(11)12/h2-3,8,11,15H,4-7H2,1H3. The Balaban J connectivity index is 1.99. The van der Waals surface area contributed by atoms with Crippen LogP contribution in [0.5, 0.6) is 5.75 Å². The van der Waals surface area contributed by atoms with Gasteiger partial charge in [0.05, 0.1) is 20.1 Å². The van der Waals surface area contributed by atoms with Gasteiger partial charge in [0, 0.05) is 29.0 Å². The highest BCUT2D eigenvalue weighted by Crippen LogP contribution is 2.33. The Labute approximate surface area is 115 Å². The van der Waals surface area contributed by atoms with Crippen LogP contribution in [0.4, 0.5) is 0 Å². The van der Waals surface area contributed by atoms with Gasteiger partial charge < -0.3 is 14.8 Å². The van der Waals surface area contributed by atoms with Crippen molar-refractivity contribution < 1.29 is 14.3 Å². The summed E-state index contributed by atoms with van der Waals surface area (Å²) in [7, 11) is 1.41. The molecule has 5 heteroatoms. The first-order valence-corrected chi connectivity index (χ1v) is 6.72. The number of benzene rings is 1. The van der Waals surface area contributed by atoms with Crippen LogP contribution in [0.3, 0.4) is 0 Å². The fourth-order valence-electron chi connectivity index (χ4n) is 2.03. The lowest BCUT2D eigenvalue weighted by molar-refractivity contribution is -0.140. The van der Waals surface area contributed by atoms with Crippen molar-refractivity contribution in [1.29, 1.82) is 0 Å². The van der Waals surface area contributed by atoms with Gasteiger partial charge in [-0.3, -0.25) is 4.79 Å². The molecule has 1 aliphatic rings. The molecule has 0 aliphatic carbocycles. The summed E-state index contributed by atoms with van der Waals surface area (Å²) < 4.78 is 11.3. The Morgan fingerprint density at radius 2 is 2.44 bits per heavy atom. The summed E-state index contributed by atoms with van der Waals surface area (Å²) >= 11 is 3.46. The highest BCUT2D eigenvalue weighted by molar-refractivity contribution is 9.10. The van der Waals surface area contributed by atoms with Gasteiger partial charge in [0.1, 0.15) is 5.75 Å². The number of hydrogen-bond acceptors (Lipinski definition) is 4. The third kappa shape index (κ3) is 3.23. The van der Waals surface area contributed by atoms with Crippen molar-refractivity contribution in [3.8, 4) is 5.75 Å². The van der Waals surface area contributed by atoms with Gasteiger partial charge in [-0.2, -0.15) is 0 Å². The highest BCUT2D eigenvalue weighted by Gasteiger charge is 2.21. The number of fused-ring (bicyclic) bond motifs is 1. The molecule has 0 saturated carbocycles. The summed E-state index contributed by atoms with van der Waals surface area (Å²) in [6.07, 6.45) is 1.29. The summed E-state index contributed by atoms with van der Waals surface area (Å²) in [5.74, 6) is 0.726. The summed E-state index contributed by atoms with van der Waals surface area (Å²) in [6, 6.07) is 6.23. The molecule has 1 N–H and O–H groups in total. The summed E-state index contributed by atoms with van der Waals surface area (Å²) in [6.45, 7) is 1.31. The van der Waals surface area contributed by atoms with Gasteiger partial charge in [-0.1, -0.05) is 15.9 Å². The van der Waals surface area contributed by atoms with Crippen LogP contribution in [0.1, 0.15) is 24.4 Å². The van der Waals surface area contributed by atoms with Gasteiger partial charge in [0.25, 0.3) is 0 Å². The summed E-state index contributed by atoms with van der Waals surface area (Å²) in [4.78, 5) is 11.1. The number of rotatable bonds is 4. The van der Waals surface area contributed by atoms with Crippen LogP contribution >= 0.6 is 15.9 Å². The Morgan fingerprint density at radius 1 is 1.61 bits per heavy atom. The van der Waals surface area contributed by atoms with Gasteiger partial charge in [-0.15, -0.1) is 0 Å². The van der Waals surface area contributed by atoms with Crippen LogP contribution in [-0.2, 0) is 9.53 Å². The highest BCUT2D eigenvalue weighted by atomic mass is 79.9. The van der Waals surface area contributed by atoms with Crippen molar-refractivity contribution in [1.82, 2.24) is 5.32 Å². The lowest BCUT2D eigenvalue weighted by atomic mass is 10.0. The van der Waals surface area contributed by atoms with E-state index in [1.807, 2.05) is 12.1 Å². The molecule has 1 aliphatic heterocycles. The van der Waals surface area contributed by atoms with E-state index in [1.165, 1.54) is 7.11 Å². The second-order valence-electron chi connectivity index (χ2n) is 4.15. The smallest absolute Gasteiger partial charge is 0.306 e. The van der Waals surface area contributed by atoms with E-state index in [0.29, 0.717) is 19.6 Å². The molecule has 0 saturated heterocycles. The predicted molar refractivity (Wildman–Crippen MR) is 71.6 cm³/mol. The zero-order valence-electron chi connectivity index (χ0n) is 10.2. The third-order valence-corrected chi connectivity index (χ3v) is 3.45. The second-order valence-corrected chi connectivity index (χ2v) is 5.07. The lowest BCUT2D eigenvalue weighted by Gasteiger charge is -2.27. The second kappa shape index (κ2) is 6.20. The minimum absolute atomic E-state index is 0.191. The summed E-state index contributed by atoms with van der Waals surface area (Å²) in [5.41, 5.74) is 1.14. The number of carbonyl (C=O) groups excluding carboxylic acids is 1. The monoisotopic (exact) mass is 313 g/mol. The minimum atomic E-state index is -0.191. The van der Waals surface area contributed by atoms with Crippen molar-refractivity contribution in [3.63, 3.8) is 0 Å². The molecule has 0 spiro atoms. The number of methoxy groups -OCH3 is 1. The predicted octanol–water partition coefficient (Wildman–Crippen LogP) is 2.43. The normalized spacial score (nSPS) is 17.8. The van der Waals surface area contributed by atoms with Gasteiger partial charge >= 0.3 is 5.97 Å². The molecule has 1 aromatic carbocycles. The van der Waals surface area contributed by atoms with Gasteiger partial charge in [0.15, 0.2) is 0 Å². The van der Waals surface area contributed by atoms with E-state index in [-0.39, 0.29) is 12.0 Å². The molecule has 98 valence electrons. The van der Waals surface area contributed by atoms with Crippen molar-refractivity contribution in [2.45, 2.75) is 18.9 Å². The molecular weight excluding hydrogens is 298 g/mol. The van der Waals surface area contributed by atoms with Gasteiger partial charge in [0.2, 0.25) is 0 Å². The lowest BCUT2D eigenvalue weighted by Crippen LogP contribution is -2.29. The Hall–Kier alpha value is -1.07. The average Bonchev–Trinajstić information content (AvgIpc) is 2.39. The zero-order chi connectivity index (χ0) is 13.0. The Kier molecular flexibility index (Phi) is 4.60. The van der Waals surface area contributed by atoms with Crippen LogP contribution in [0.2, 0.25) is 0 Å². The maximum absolute atomic E-state index is 11.1. The third-order valence-electron chi connectivity index (χ3n) is 2.96. The maximum Gasteiger partial charge on any atom is 0.306 e. The zero-order valence-corrected chi connectivity index (χ0v) is 11.8. The van der Waals surface area contributed by atoms with E-state index in [9.17, 15) is 4.79 Å². The average molecular weight is 314 g/mol. The molecule has 0 radical (unpaired) electrons. The van der Waals surface area contributed by atoms with Gasteiger partial charge in [-0.25, -0.2) is 0 Å². The van der Waals surface area contributed by atoms with Crippen LogP contribution in [0.25, 0.3) is 0 Å². The molecule has 18 heavy (non-hydrogen) atoms. The van der Waals surface area contributed by atoms with E-state index < -0.39 is 0 Å².